The molecule has 0 aliphatic heterocycles. The number of nitrogens with one attached hydrogen (secondary N) is 1. The Balaban J connectivity index is 1.64. The normalized spacial score (nSPS) is 40.2. The Morgan fingerprint density at radius 3 is 2.64 bits per heavy atom. The second-order valence-electron chi connectivity index (χ2n) is 11.6. The zero-order chi connectivity index (χ0) is 26.4. The predicted octanol–water partition coefficient (Wildman–Crippen LogP) is 2.86. The van der Waals surface area contributed by atoms with Crippen molar-refractivity contribution < 1.29 is 34.0 Å². The van der Waals surface area contributed by atoms with Crippen LogP contribution in [0.4, 0.5) is 10.1 Å². The Morgan fingerprint density at radius 1 is 1.31 bits per heavy atom. The van der Waals surface area contributed by atoms with Crippen molar-refractivity contribution in [1.29, 1.82) is 0 Å². The van der Waals surface area contributed by atoms with E-state index in [1.165, 1.54) is 12.1 Å². The lowest BCUT2D eigenvalue weighted by atomic mass is 9.59. The molecule has 0 amide bonds. The van der Waals surface area contributed by atoms with Crippen molar-refractivity contribution in [2.75, 3.05) is 19.0 Å². The van der Waals surface area contributed by atoms with Gasteiger partial charge >= 0.3 is 5.97 Å². The number of carbonyl (C=O) groups excluding carboxylic acids is 2. The molecule has 0 unspecified atom stereocenters. The molecule has 8 atom stereocenters. The van der Waals surface area contributed by atoms with Crippen molar-refractivity contribution in [3.8, 4) is 0 Å². The number of ether oxygens (including phenoxy) is 1. The lowest BCUT2D eigenvalue weighted by molar-refractivity contribution is -0.190. The Bertz CT molecular complexity index is 1210. The number of Topliss-reactive ketones (excluding diaryl/α,β-unsaturated/α-hetero) is 1. The van der Waals surface area contributed by atoms with Gasteiger partial charge in [-0.3, -0.25) is 4.79 Å². The summed E-state index contributed by atoms with van der Waals surface area (Å²) >= 11 is 0. The lowest BCUT2D eigenvalue weighted by Gasteiger charge is -2.48. The van der Waals surface area contributed by atoms with Gasteiger partial charge in [0.15, 0.2) is 17.5 Å². The van der Waals surface area contributed by atoms with Crippen molar-refractivity contribution in [3.63, 3.8) is 0 Å². The molecule has 1 aromatic rings. The number of aliphatic hydroxyl groups is 3. The van der Waals surface area contributed by atoms with E-state index in [0.717, 1.165) is 6.07 Å². The summed E-state index contributed by atoms with van der Waals surface area (Å²) < 4.78 is 20.5. The van der Waals surface area contributed by atoms with Crippen LogP contribution in [0, 0.1) is 40.3 Å². The minimum atomic E-state index is -2.27. The van der Waals surface area contributed by atoms with Crippen LogP contribution in [-0.4, -0.2) is 58.5 Å². The maximum absolute atomic E-state index is 14.7. The molecule has 2 fully saturated rings. The zero-order valence-corrected chi connectivity index (χ0v) is 21.2. The summed E-state index contributed by atoms with van der Waals surface area (Å²) in [5, 5.41) is 36.9. The molecule has 4 aliphatic rings. The monoisotopic (exact) mass is 499 g/mol. The first-order valence-electron chi connectivity index (χ1n) is 12.5. The summed E-state index contributed by atoms with van der Waals surface area (Å²) in [6.07, 6.45) is 0.826. The van der Waals surface area contributed by atoms with Crippen LogP contribution in [0.25, 0.3) is 0 Å². The summed E-state index contributed by atoms with van der Waals surface area (Å²) in [5.74, 6) is -2.78. The largest absolute Gasteiger partial charge is 0.451 e. The molecule has 7 nitrogen and oxygen atoms in total. The highest BCUT2D eigenvalue weighted by Gasteiger charge is 2.76. The van der Waals surface area contributed by atoms with Gasteiger partial charge in [0.25, 0.3) is 0 Å². The standard InChI is InChI=1S/C28H34FNO6/c1-13-11-27-14(2)9-17-21(26(17,3)4)16(23(27)33)10-15(12-31)22(32)28(27,35)24(13)36-25(34)20-18(29)7-6-8-19(20)30-5/h6-8,10-11,14,16-17,21-22,24,30-32,35H,9,12H2,1-5H3/t14-,16+,17-,21+,22-,24+,27+,28+/m1/s1. The fraction of sp³-hybridized carbons (Fsp3) is 0.571. The Labute approximate surface area is 210 Å². The average molecular weight is 500 g/mol. The number of halogens is 1. The highest BCUT2D eigenvalue weighted by molar-refractivity contribution is 5.98. The maximum Gasteiger partial charge on any atom is 0.343 e. The third-order valence-electron chi connectivity index (χ3n) is 9.61. The molecule has 2 saturated carbocycles. The lowest BCUT2D eigenvalue weighted by Crippen LogP contribution is -2.65. The van der Waals surface area contributed by atoms with E-state index in [9.17, 15) is 29.3 Å². The number of anilines is 1. The smallest absolute Gasteiger partial charge is 0.343 e. The number of benzene rings is 1. The molecule has 1 spiro atoms. The molecular weight excluding hydrogens is 465 g/mol. The molecule has 194 valence electrons. The van der Waals surface area contributed by atoms with Crippen molar-refractivity contribution >= 4 is 17.4 Å². The molecule has 36 heavy (non-hydrogen) atoms. The first kappa shape index (κ1) is 25.1. The fourth-order valence-corrected chi connectivity index (χ4v) is 7.70. The van der Waals surface area contributed by atoms with Crippen molar-refractivity contribution in [2.24, 2.45) is 34.5 Å². The number of aliphatic hydroxyl groups excluding tert-OH is 2. The molecule has 0 aromatic heterocycles. The van der Waals surface area contributed by atoms with Crippen LogP contribution in [0.1, 0.15) is 44.5 Å². The Hall–Kier alpha value is -2.55. The summed E-state index contributed by atoms with van der Waals surface area (Å²) in [4.78, 5) is 27.6. The number of hydrogen-bond donors (Lipinski definition) is 4. The first-order valence-corrected chi connectivity index (χ1v) is 12.5. The predicted molar refractivity (Wildman–Crippen MR) is 131 cm³/mol. The molecule has 1 aromatic carbocycles. The number of allylic oxidation sites excluding steroid dienone is 1. The third-order valence-corrected chi connectivity index (χ3v) is 9.61. The van der Waals surface area contributed by atoms with Gasteiger partial charge in [0.2, 0.25) is 0 Å². The Morgan fingerprint density at radius 2 is 2.00 bits per heavy atom. The van der Waals surface area contributed by atoms with Gasteiger partial charge in [-0.25, -0.2) is 9.18 Å². The molecule has 0 saturated heterocycles. The SMILES string of the molecule is CNc1cccc(F)c1C(=O)O[C@H]1C(C)=C[C@]23C(=O)[C@@H](C=C(CO)[C@@H](O)[C@]12O)[C@H]1[C@@H](C[C@H]3C)C1(C)C. The average Bonchev–Trinajstić information content (AvgIpc) is 3.32. The van der Waals surface area contributed by atoms with Gasteiger partial charge in [-0.05, 0) is 59.8 Å². The highest BCUT2D eigenvalue weighted by Crippen LogP contribution is 2.71. The minimum absolute atomic E-state index is 0.0230. The quantitative estimate of drug-likeness (QED) is 0.372. The van der Waals surface area contributed by atoms with Crippen LogP contribution in [0.5, 0.6) is 0 Å². The van der Waals surface area contributed by atoms with Gasteiger partial charge in [0.05, 0.1) is 17.7 Å². The molecule has 4 aliphatic carbocycles. The van der Waals surface area contributed by atoms with Crippen molar-refractivity contribution in [1.82, 2.24) is 0 Å². The molecule has 5 rings (SSSR count). The number of fused-ring (bicyclic) bond motifs is 3. The van der Waals surface area contributed by atoms with Crippen LogP contribution in [0.15, 0.2) is 41.5 Å². The summed E-state index contributed by atoms with van der Waals surface area (Å²) in [5.41, 5.74) is -3.49. The maximum atomic E-state index is 14.7. The van der Waals surface area contributed by atoms with Gasteiger partial charge in [-0.15, -0.1) is 0 Å². The molecular formula is C28H34FNO6. The van der Waals surface area contributed by atoms with E-state index in [0.29, 0.717) is 12.0 Å². The first-order chi connectivity index (χ1) is 16.9. The van der Waals surface area contributed by atoms with Gasteiger partial charge in [0.1, 0.15) is 17.5 Å². The highest BCUT2D eigenvalue weighted by atomic mass is 19.1. The van der Waals surface area contributed by atoms with Crippen LogP contribution in [0.2, 0.25) is 0 Å². The van der Waals surface area contributed by atoms with Crippen LogP contribution >= 0.6 is 0 Å². The molecule has 0 heterocycles. The summed E-state index contributed by atoms with van der Waals surface area (Å²) in [7, 11) is 1.54. The topological polar surface area (TPSA) is 116 Å². The second kappa shape index (κ2) is 7.97. The Kier molecular flexibility index (Phi) is 5.56. The molecule has 0 radical (unpaired) electrons. The van der Waals surface area contributed by atoms with E-state index in [1.54, 1.807) is 26.1 Å². The van der Waals surface area contributed by atoms with E-state index in [4.69, 9.17) is 4.74 Å². The third kappa shape index (κ3) is 2.95. The van der Waals surface area contributed by atoms with E-state index < -0.39 is 47.5 Å². The number of rotatable bonds is 4. The zero-order valence-electron chi connectivity index (χ0n) is 21.2. The van der Waals surface area contributed by atoms with E-state index in [2.05, 4.69) is 19.2 Å². The van der Waals surface area contributed by atoms with Gasteiger partial charge < -0.3 is 25.4 Å². The van der Waals surface area contributed by atoms with Gasteiger partial charge in [0, 0.05) is 13.0 Å². The van der Waals surface area contributed by atoms with Crippen molar-refractivity contribution in [3.05, 3.63) is 52.9 Å². The molecule has 8 heteroatoms. The van der Waals surface area contributed by atoms with E-state index in [1.807, 2.05) is 6.92 Å². The van der Waals surface area contributed by atoms with E-state index >= 15 is 0 Å². The molecule has 4 N–H and O–H groups in total. The second-order valence-corrected chi connectivity index (χ2v) is 11.6. The van der Waals surface area contributed by atoms with Crippen LogP contribution in [0.3, 0.4) is 0 Å². The number of ketones is 1. The van der Waals surface area contributed by atoms with E-state index in [-0.39, 0.29) is 45.8 Å². The minimum Gasteiger partial charge on any atom is -0.451 e. The number of esters is 1. The van der Waals surface area contributed by atoms with Gasteiger partial charge in [-0.1, -0.05) is 39.0 Å². The van der Waals surface area contributed by atoms with Gasteiger partial charge in [-0.2, -0.15) is 0 Å². The summed E-state index contributed by atoms with van der Waals surface area (Å²) in [6.45, 7) is 7.20. The number of carbonyl (C=O) groups is 2. The van der Waals surface area contributed by atoms with Crippen LogP contribution < -0.4 is 5.32 Å². The summed E-state index contributed by atoms with van der Waals surface area (Å²) in [6, 6.07) is 4.11. The van der Waals surface area contributed by atoms with Crippen molar-refractivity contribution in [2.45, 2.75) is 51.9 Å². The molecule has 2 bridgehead atoms. The van der Waals surface area contributed by atoms with Crippen LogP contribution in [-0.2, 0) is 9.53 Å². The number of hydrogen-bond acceptors (Lipinski definition) is 7. The fourth-order valence-electron chi connectivity index (χ4n) is 7.70.